The van der Waals surface area contributed by atoms with Crippen molar-refractivity contribution in [2.45, 2.75) is 4.90 Å². The van der Waals surface area contributed by atoms with Crippen LogP contribution in [0.2, 0.25) is 0 Å². The fourth-order valence-corrected chi connectivity index (χ4v) is 1.70. The van der Waals surface area contributed by atoms with Crippen LogP contribution in [-0.2, 0) is 0 Å². The lowest BCUT2D eigenvalue weighted by molar-refractivity contribution is 1.44. The van der Waals surface area contributed by atoms with E-state index in [4.69, 9.17) is 0 Å². The van der Waals surface area contributed by atoms with Crippen molar-refractivity contribution in [1.82, 2.24) is 0 Å². The van der Waals surface area contributed by atoms with Gasteiger partial charge in [-0.2, -0.15) is 0 Å². The summed E-state index contributed by atoms with van der Waals surface area (Å²) < 4.78 is 1.27. The van der Waals surface area contributed by atoms with Crippen molar-refractivity contribution in [2.75, 3.05) is 0 Å². The summed E-state index contributed by atoms with van der Waals surface area (Å²) in [4.78, 5) is 1.22. The monoisotopic (exact) mass is 249 g/mol. The Hall–Kier alpha value is 0.300. The van der Waals surface area contributed by atoms with Crippen LogP contribution in [-0.4, -0.2) is 0 Å². The van der Waals surface area contributed by atoms with Crippen molar-refractivity contribution in [1.29, 1.82) is 0 Å². The van der Waals surface area contributed by atoms with E-state index in [9.17, 15) is 0 Å². The third kappa shape index (κ3) is 2.18. The second-order valence-corrected chi connectivity index (χ2v) is 3.61. The third-order valence-electron chi connectivity index (χ3n) is 0.963. The summed E-state index contributed by atoms with van der Waals surface area (Å²) >= 11 is 3.82. The molecule has 0 N–H and O–H groups in total. The lowest BCUT2D eigenvalue weighted by Gasteiger charge is -1.93. The van der Waals surface area contributed by atoms with Gasteiger partial charge in [-0.1, -0.05) is 6.07 Å². The molecule has 0 aliphatic rings. The summed E-state index contributed by atoms with van der Waals surface area (Å²) in [5, 5.41) is 0. The number of benzene rings is 1. The van der Waals surface area contributed by atoms with Gasteiger partial charge >= 0.3 is 0 Å². The Kier molecular flexibility index (Phi) is 2.85. The molecule has 2 heteroatoms. The number of thioether (sulfide) groups is 1. The molecule has 0 saturated heterocycles. The number of halogens is 1. The molecule has 0 atom stereocenters. The molecular formula is C7H6IS. The Morgan fingerprint density at radius 1 is 1.44 bits per heavy atom. The van der Waals surface area contributed by atoms with Crippen LogP contribution in [0.4, 0.5) is 0 Å². The van der Waals surface area contributed by atoms with Gasteiger partial charge in [0, 0.05) is 14.7 Å². The van der Waals surface area contributed by atoms with E-state index in [0.717, 1.165) is 0 Å². The summed E-state index contributed by atoms with van der Waals surface area (Å²) in [7, 11) is 0. The average Bonchev–Trinajstić information content (AvgIpc) is 1.88. The van der Waals surface area contributed by atoms with E-state index in [1.165, 1.54) is 20.2 Å². The minimum atomic E-state index is 1.22. The lowest BCUT2D eigenvalue weighted by Crippen LogP contribution is -1.69. The SMILES string of the molecule is [CH2]Sc1cccc(I)c1. The summed E-state index contributed by atoms with van der Waals surface area (Å²) in [6.45, 7) is 0. The van der Waals surface area contributed by atoms with Crippen molar-refractivity contribution < 1.29 is 0 Å². The molecule has 0 aromatic heterocycles. The van der Waals surface area contributed by atoms with Crippen molar-refractivity contribution in [2.24, 2.45) is 0 Å². The first-order valence-corrected chi connectivity index (χ1v) is 4.57. The van der Waals surface area contributed by atoms with Crippen LogP contribution in [0.5, 0.6) is 0 Å². The first kappa shape index (κ1) is 7.41. The van der Waals surface area contributed by atoms with Gasteiger partial charge in [0.1, 0.15) is 0 Å². The van der Waals surface area contributed by atoms with E-state index < -0.39 is 0 Å². The Bertz CT molecular complexity index is 198. The van der Waals surface area contributed by atoms with Crippen molar-refractivity contribution >= 4 is 34.4 Å². The zero-order valence-corrected chi connectivity index (χ0v) is 7.78. The summed E-state index contributed by atoms with van der Waals surface area (Å²) in [5.74, 6) is 0. The zero-order valence-electron chi connectivity index (χ0n) is 4.80. The molecule has 0 nitrogen and oxygen atoms in total. The minimum Gasteiger partial charge on any atom is -0.125 e. The van der Waals surface area contributed by atoms with Crippen LogP contribution in [0.3, 0.4) is 0 Å². The van der Waals surface area contributed by atoms with E-state index in [0.29, 0.717) is 0 Å². The Labute approximate surface area is 73.2 Å². The highest BCUT2D eigenvalue weighted by atomic mass is 127. The molecule has 0 bridgehead atoms. The minimum absolute atomic E-state index is 1.22. The molecule has 0 aliphatic carbocycles. The van der Waals surface area contributed by atoms with Crippen molar-refractivity contribution in [3.05, 3.63) is 34.1 Å². The van der Waals surface area contributed by atoms with Crippen LogP contribution in [0.1, 0.15) is 0 Å². The predicted molar refractivity (Wildman–Crippen MR) is 50.4 cm³/mol. The summed E-state index contributed by atoms with van der Waals surface area (Å²) in [6, 6.07) is 8.27. The van der Waals surface area contributed by atoms with E-state index in [-0.39, 0.29) is 0 Å². The molecule has 0 amide bonds. The van der Waals surface area contributed by atoms with Crippen molar-refractivity contribution in [3.8, 4) is 0 Å². The Balaban J connectivity index is 2.94. The predicted octanol–water partition coefficient (Wildman–Crippen LogP) is 3.17. The van der Waals surface area contributed by atoms with E-state index in [2.05, 4.69) is 47.0 Å². The molecular weight excluding hydrogens is 243 g/mol. The molecule has 0 heterocycles. The standard InChI is InChI=1S/C7H6IS/c1-9-7-4-2-3-6(8)5-7/h2-5H,1H2. The normalized spacial score (nSPS) is 9.56. The molecule has 0 fully saturated rings. The van der Waals surface area contributed by atoms with Gasteiger partial charge in [0.05, 0.1) is 0 Å². The van der Waals surface area contributed by atoms with Crippen LogP contribution in [0, 0.1) is 9.83 Å². The van der Waals surface area contributed by atoms with E-state index >= 15 is 0 Å². The van der Waals surface area contributed by atoms with Gasteiger partial charge in [0.2, 0.25) is 0 Å². The third-order valence-corrected chi connectivity index (χ3v) is 2.22. The molecule has 1 radical (unpaired) electrons. The molecule has 0 unspecified atom stereocenters. The maximum atomic E-state index is 3.71. The lowest BCUT2D eigenvalue weighted by atomic mass is 10.4. The van der Waals surface area contributed by atoms with Gasteiger partial charge in [-0.25, -0.2) is 0 Å². The average molecular weight is 249 g/mol. The maximum Gasteiger partial charge on any atom is 0.0141 e. The number of hydrogen-bond acceptors (Lipinski definition) is 1. The molecule has 1 aromatic rings. The van der Waals surface area contributed by atoms with Gasteiger partial charge in [-0.15, -0.1) is 11.8 Å². The van der Waals surface area contributed by atoms with Crippen LogP contribution in [0.15, 0.2) is 29.2 Å². The first-order chi connectivity index (χ1) is 4.33. The maximum absolute atomic E-state index is 3.71. The highest BCUT2D eigenvalue weighted by Crippen LogP contribution is 2.17. The number of hydrogen-bond donors (Lipinski definition) is 0. The van der Waals surface area contributed by atoms with E-state index in [1.807, 2.05) is 6.07 Å². The Morgan fingerprint density at radius 3 is 2.67 bits per heavy atom. The highest BCUT2D eigenvalue weighted by Gasteiger charge is 1.87. The quantitative estimate of drug-likeness (QED) is 0.544. The largest absolute Gasteiger partial charge is 0.125 e. The summed E-state index contributed by atoms with van der Waals surface area (Å²) in [5.41, 5.74) is 0. The molecule has 1 rings (SSSR count). The van der Waals surface area contributed by atoms with Crippen LogP contribution in [0.25, 0.3) is 0 Å². The molecule has 9 heavy (non-hydrogen) atoms. The topological polar surface area (TPSA) is 0 Å². The molecule has 1 aromatic carbocycles. The number of rotatable bonds is 1. The Morgan fingerprint density at radius 2 is 2.22 bits per heavy atom. The second-order valence-electron chi connectivity index (χ2n) is 1.60. The fourth-order valence-electron chi connectivity index (χ4n) is 0.557. The molecule has 47 valence electrons. The molecule has 0 aliphatic heterocycles. The first-order valence-electron chi connectivity index (χ1n) is 2.50. The molecule has 0 saturated carbocycles. The zero-order chi connectivity index (χ0) is 6.69. The van der Waals surface area contributed by atoms with Gasteiger partial charge in [-0.05, 0) is 40.8 Å². The smallest absolute Gasteiger partial charge is 0.0141 e. The summed E-state index contributed by atoms with van der Waals surface area (Å²) in [6.07, 6.45) is 3.71. The van der Waals surface area contributed by atoms with Crippen molar-refractivity contribution in [3.63, 3.8) is 0 Å². The van der Waals surface area contributed by atoms with E-state index in [1.54, 1.807) is 0 Å². The van der Waals surface area contributed by atoms with Crippen LogP contribution >= 0.6 is 34.4 Å². The highest BCUT2D eigenvalue weighted by molar-refractivity contribution is 14.1. The van der Waals surface area contributed by atoms with Gasteiger partial charge < -0.3 is 0 Å². The van der Waals surface area contributed by atoms with Gasteiger partial charge in [0.15, 0.2) is 0 Å². The molecule has 0 spiro atoms. The van der Waals surface area contributed by atoms with Crippen LogP contribution < -0.4 is 0 Å². The van der Waals surface area contributed by atoms with Gasteiger partial charge in [-0.3, -0.25) is 0 Å². The van der Waals surface area contributed by atoms with Gasteiger partial charge in [0.25, 0.3) is 0 Å². The second kappa shape index (κ2) is 3.46. The fraction of sp³-hybridized carbons (Fsp3) is 0.